The van der Waals surface area contributed by atoms with Crippen LogP contribution in [0.4, 0.5) is 0 Å². The highest BCUT2D eigenvalue weighted by Crippen LogP contribution is 2.26. The molecule has 0 aliphatic rings. The van der Waals surface area contributed by atoms with Crippen LogP contribution in [0.25, 0.3) is 0 Å². The lowest BCUT2D eigenvalue weighted by molar-refractivity contribution is -0.149. The summed E-state index contributed by atoms with van der Waals surface area (Å²) in [5.74, 6) is -0.396. The zero-order valence-electron chi connectivity index (χ0n) is 11.5. The molecule has 20 heavy (non-hydrogen) atoms. The van der Waals surface area contributed by atoms with Crippen molar-refractivity contribution in [2.75, 3.05) is 6.61 Å². The zero-order valence-corrected chi connectivity index (χ0v) is 11.5. The predicted octanol–water partition coefficient (Wildman–Crippen LogP) is 2.68. The first kappa shape index (κ1) is 14.3. The maximum atomic E-state index is 11.0. The number of carbonyl (C=O) groups is 1. The number of hydrogen-bond acceptors (Lipinski definition) is 3. The largest absolute Gasteiger partial charge is 0.462 e. The Morgan fingerprint density at radius 1 is 1.05 bits per heavy atom. The maximum absolute atomic E-state index is 11.0. The molecule has 2 rings (SSSR count). The van der Waals surface area contributed by atoms with Gasteiger partial charge in [-0.1, -0.05) is 60.7 Å². The van der Waals surface area contributed by atoms with Gasteiger partial charge in [0.2, 0.25) is 0 Å². The second-order valence-electron chi connectivity index (χ2n) is 4.84. The molecule has 1 N–H and O–H groups in total. The number of esters is 1. The smallest absolute Gasteiger partial charge is 0.302 e. The monoisotopic (exact) mass is 270 g/mol. The summed E-state index contributed by atoms with van der Waals surface area (Å²) in [5.41, 5.74) is 0.519. The summed E-state index contributed by atoms with van der Waals surface area (Å²) in [7, 11) is 0. The van der Waals surface area contributed by atoms with Crippen molar-refractivity contribution in [3.63, 3.8) is 0 Å². The van der Waals surface area contributed by atoms with Crippen molar-refractivity contribution in [2.45, 2.75) is 18.9 Å². The minimum Gasteiger partial charge on any atom is -0.462 e. The van der Waals surface area contributed by atoms with Crippen LogP contribution in [0.3, 0.4) is 0 Å². The van der Waals surface area contributed by atoms with E-state index in [-0.39, 0.29) is 6.61 Å². The number of benzene rings is 2. The standard InChI is InChI=1S/C17H18O3/c1-14(18)20-13-17(19,16-10-6-3-7-11-16)12-15-8-4-2-5-9-15/h2-11,19H,12-13H2,1H3/t17-/m0/s1. The Kier molecular flexibility index (Phi) is 4.53. The van der Waals surface area contributed by atoms with Gasteiger partial charge in [0.15, 0.2) is 0 Å². The normalized spacial score (nSPS) is 13.5. The number of rotatable bonds is 5. The van der Waals surface area contributed by atoms with E-state index in [1.54, 1.807) is 0 Å². The molecule has 0 radical (unpaired) electrons. The molecule has 0 spiro atoms. The highest BCUT2D eigenvalue weighted by Gasteiger charge is 2.31. The molecule has 1 atom stereocenters. The molecule has 104 valence electrons. The number of aliphatic hydroxyl groups is 1. The molecule has 0 saturated carbocycles. The van der Waals surface area contributed by atoms with Gasteiger partial charge < -0.3 is 9.84 Å². The number of hydrogen-bond donors (Lipinski definition) is 1. The van der Waals surface area contributed by atoms with E-state index in [1.165, 1.54) is 6.92 Å². The molecule has 0 heterocycles. The SMILES string of the molecule is CC(=O)OC[C@@](O)(Cc1ccccc1)c1ccccc1. The van der Waals surface area contributed by atoms with Crippen molar-refractivity contribution in [1.82, 2.24) is 0 Å². The Morgan fingerprint density at radius 3 is 2.15 bits per heavy atom. The molecule has 0 saturated heterocycles. The molecule has 0 aliphatic heterocycles. The van der Waals surface area contributed by atoms with E-state index >= 15 is 0 Å². The third-order valence-corrected chi connectivity index (χ3v) is 3.16. The number of carbonyl (C=O) groups excluding carboxylic acids is 1. The third-order valence-electron chi connectivity index (χ3n) is 3.16. The van der Waals surface area contributed by atoms with Crippen LogP contribution < -0.4 is 0 Å². The fourth-order valence-electron chi connectivity index (χ4n) is 2.14. The summed E-state index contributed by atoms with van der Waals surface area (Å²) in [4.78, 5) is 11.0. The zero-order chi connectivity index (χ0) is 14.4. The Balaban J connectivity index is 2.26. The van der Waals surface area contributed by atoms with Crippen LogP contribution in [0.15, 0.2) is 60.7 Å². The highest BCUT2D eigenvalue weighted by molar-refractivity contribution is 5.66. The predicted molar refractivity (Wildman–Crippen MR) is 77.1 cm³/mol. The van der Waals surface area contributed by atoms with Crippen molar-refractivity contribution in [2.24, 2.45) is 0 Å². The van der Waals surface area contributed by atoms with Crippen molar-refractivity contribution < 1.29 is 14.6 Å². The van der Waals surface area contributed by atoms with E-state index < -0.39 is 11.6 Å². The average Bonchev–Trinajstić information content (AvgIpc) is 2.47. The van der Waals surface area contributed by atoms with Gasteiger partial charge in [0, 0.05) is 13.3 Å². The summed E-state index contributed by atoms with van der Waals surface area (Å²) < 4.78 is 5.04. The van der Waals surface area contributed by atoms with E-state index in [9.17, 15) is 9.90 Å². The molecular weight excluding hydrogens is 252 g/mol. The lowest BCUT2D eigenvalue weighted by atomic mass is 9.88. The van der Waals surface area contributed by atoms with Crippen LogP contribution in [0, 0.1) is 0 Å². The first-order valence-corrected chi connectivity index (χ1v) is 6.55. The lowest BCUT2D eigenvalue weighted by Crippen LogP contribution is -2.35. The molecule has 3 nitrogen and oxygen atoms in total. The second kappa shape index (κ2) is 6.35. The van der Waals surface area contributed by atoms with E-state index in [0.717, 1.165) is 11.1 Å². The van der Waals surface area contributed by atoms with Gasteiger partial charge in [0.05, 0.1) is 0 Å². The molecule has 0 bridgehead atoms. The fraction of sp³-hybridized carbons (Fsp3) is 0.235. The molecule has 0 aromatic heterocycles. The van der Waals surface area contributed by atoms with Gasteiger partial charge in [-0.2, -0.15) is 0 Å². The molecule has 0 fully saturated rings. The highest BCUT2D eigenvalue weighted by atomic mass is 16.5. The van der Waals surface area contributed by atoms with Crippen molar-refractivity contribution in [3.05, 3.63) is 71.8 Å². The van der Waals surface area contributed by atoms with Crippen LogP contribution >= 0.6 is 0 Å². The topological polar surface area (TPSA) is 46.5 Å². The van der Waals surface area contributed by atoms with Crippen molar-refractivity contribution >= 4 is 5.97 Å². The van der Waals surface area contributed by atoms with E-state index in [2.05, 4.69) is 0 Å². The molecular formula is C17H18O3. The maximum Gasteiger partial charge on any atom is 0.302 e. The van der Waals surface area contributed by atoms with Gasteiger partial charge in [-0.3, -0.25) is 4.79 Å². The van der Waals surface area contributed by atoms with Gasteiger partial charge >= 0.3 is 5.97 Å². The van der Waals surface area contributed by atoms with E-state index in [1.807, 2.05) is 60.7 Å². The van der Waals surface area contributed by atoms with Crippen LogP contribution in [-0.4, -0.2) is 17.7 Å². The second-order valence-corrected chi connectivity index (χ2v) is 4.84. The Morgan fingerprint density at radius 2 is 1.60 bits per heavy atom. The fourth-order valence-corrected chi connectivity index (χ4v) is 2.14. The van der Waals surface area contributed by atoms with Gasteiger partial charge in [0.25, 0.3) is 0 Å². The van der Waals surface area contributed by atoms with E-state index in [4.69, 9.17) is 4.74 Å². The first-order chi connectivity index (χ1) is 9.60. The van der Waals surface area contributed by atoms with E-state index in [0.29, 0.717) is 6.42 Å². The Hall–Kier alpha value is -2.13. The third kappa shape index (κ3) is 3.68. The van der Waals surface area contributed by atoms with Gasteiger partial charge in [-0.25, -0.2) is 0 Å². The molecule has 0 unspecified atom stereocenters. The number of ether oxygens (including phenoxy) is 1. The summed E-state index contributed by atoms with van der Waals surface area (Å²) in [6.45, 7) is 1.29. The average molecular weight is 270 g/mol. The summed E-state index contributed by atoms with van der Waals surface area (Å²) in [6, 6.07) is 19.0. The summed E-state index contributed by atoms with van der Waals surface area (Å²) in [6.07, 6.45) is 0.394. The Bertz CT molecular complexity index is 551. The minimum absolute atomic E-state index is 0.0543. The van der Waals surface area contributed by atoms with Crippen LogP contribution in [0.5, 0.6) is 0 Å². The lowest BCUT2D eigenvalue weighted by Gasteiger charge is -2.28. The molecule has 2 aromatic carbocycles. The molecule has 2 aromatic rings. The molecule has 0 amide bonds. The van der Waals surface area contributed by atoms with Gasteiger partial charge in [-0.05, 0) is 11.1 Å². The van der Waals surface area contributed by atoms with Gasteiger partial charge in [-0.15, -0.1) is 0 Å². The summed E-state index contributed by atoms with van der Waals surface area (Å²) >= 11 is 0. The molecule has 0 aliphatic carbocycles. The Labute approximate surface area is 118 Å². The van der Waals surface area contributed by atoms with Crippen molar-refractivity contribution in [1.29, 1.82) is 0 Å². The van der Waals surface area contributed by atoms with Gasteiger partial charge in [0.1, 0.15) is 12.2 Å². The quantitative estimate of drug-likeness (QED) is 0.850. The molecule has 3 heteroatoms. The minimum atomic E-state index is -1.21. The van der Waals surface area contributed by atoms with Crippen LogP contribution in [0.2, 0.25) is 0 Å². The summed E-state index contributed by atoms with van der Waals surface area (Å²) in [5, 5.41) is 10.9. The van der Waals surface area contributed by atoms with Crippen molar-refractivity contribution in [3.8, 4) is 0 Å². The van der Waals surface area contributed by atoms with Crippen LogP contribution in [0.1, 0.15) is 18.1 Å². The first-order valence-electron chi connectivity index (χ1n) is 6.55. The van der Waals surface area contributed by atoms with Crippen LogP contribution in [-0.2, 0) is 21.6 Å².